The fourth-order valence-corrected chi connectivity index (χ4v) is 2.23. The van der Waals surface area contributed by atoms with E-state index < -0.39 is 24.4 Å². The van der Waals surface area contributed by atoms with Gasteiger partial charge in [0.05, 0.1) is 5.69 Å². The Kier molecular flexibility index (Phi) is 3.95. The number of carboxylic acid groups (broad SMARTS) is 1. The zero-order valence-corrected chi connectivity index (χ0v) is 11.5. The van der Waals surface area contributed by atoms with Crippen molar-refractivity contribution in [1.82, 2.24) is 9.78 Å². The van der Waals surface area contributed by atoms with Gasteiger partial charge >= 0.3 is 12.1 Å². The summed E-state index contributed by atoms with van der Waals surface area (Å²) in [5, 5.41) is 12.9. The number of aromatic nitrogens is 2. The van der Waals surface area contributed by atoms with E-state index in [1.807, 2.05) is 0 Å². The van der Waals surface area contributed by atoms with Crippen LogP contribution in [-0.4, -0.2) is 27.0 Å². The number of alkyl halides is 3. The lowest BCUT2D eigenvalue weighted by Crippen LogP contribution is -2.19. The fourth-order valence-electron chi connectivity index (χ4n) is 2.04. The zero-order valence-electron chi connectivity index (χ0n) is 10.8. The van der Waals surface area contributed by atoms with E-state index in [0.717, 1.165) is 0 Å². The number of rotatable bonds is 3. The third-order valence-electron chi connectivity index (χ3n) is 2.82. The summed E-state index contributed by atoms with van der Waals surface area (Å²) in [6.07, 6.45) is -4.51. The molecule has 1 aromatic carbocycles. The van der Waals surface area contributed by atoms with Gasteiger partial charge < -0.3 is 5.11 Å². The average Bonchev–Trinajstić information content (AvgIpc) is 2.64. The number of benzene rings is 1. The van der Waals surface area contributed by atoms with Crippen molar-refractivity contribution in [2.45, 2.75) is 19.6 Å². The van der Waals surface area contributed by atoms with Crippen LogP contribution in [0.25, 0.3) is 11.3 Å². The number of halogens is 4. The quantitative estimate of drug-likeness (QED) is 0.937. The Morgan fingerprint density at radius 3 is 2.62 bits per heavy atom. The fraction of sp³-hybridized carbons (Fsp3) is 0.231. The molecule has 0 radical (unpaired) electrons. The molecule has 1 heterocycles. The molecule has 21 heavy (non-hydrogen) atoms. The Labute approximate surface area is 122 Å². The first-order chi connectivity index (χ1) is 9.69. The Bertz CT molecular complexity index is 695. The summed E-state index contributed by atoms with van der Waals surface area (Å²) in [7, 11) is 0. The van der Waals surface area contributed by atoms with E-state index in [2.05, 4.69) is 5.10 Å². The summed E-state index contributed by atoms with van der Waals surface area (Å²) in [6.45, 7) is 0.0442. The van der Waals surface area contributed by atoms with Crippen LogP contribution < -0.4 is 0 Å². The normalized spacial score (nSPS) is 11.7. The highest BCUT2D eigenvalue weighted by Gasteiger charge is 2.32. The number of carboxylic acids is 1. The summed E-state index contributed by atoms with van der Waals surface area (Å²) < 4.78 is 38.5. The van der Waals surface area contributed by atoms with Crippen LogP contribution in [0, 0.1) is 6.92 Å². The van der Waals surface area contributed by atoms with Gasteiger partial charge in [-0.2, -0.15) is 18.3 Å². The van der Waals surface area contributed by atoms with Gasteiger partial charge in [0.25, 0.3) is 0 Å². The van der Waals surface area contributed by atoms with Crippen molar-refractivity contribution < 1.29 is 23.1 Å². The minimum Gasteiger partial charge on any atom is -0.476 e. The van der Waals surface area contributed by atoms with Crippen molar-refractivity contribution in [3.8, 4) is 11.3 Å². The maximum absolute atomic E-state index is 12.6. The van der Waals surface area contributed by atoms with E-state index in [0.29, 0.717) is 15.3 Å². The summed E-state index contributed by atoms with van der Waals surface area (Å²) in [5.41, 5.74) is 0.222. The molecular weight excluding hydrogens is 309 g/mol. The largest absolute Gasteiger partial charge is 0.476 e. The molecule has 0 fully saturated rings. The van der Waals surface area contributed by atoms with Crippen LogP contribution in [0.4, 0.5) is 13.2 Å². The first kappa shape index (κ1) is 15.4. The van der Waals surface area contributed by atoms with Crippen LogP contribution in [0.1, 0.15) is 16.1 Å². The Hall–Kier alpha value is -2.02. The second-order valence-electron chi connectivity index (χ2n) is 4.41. The number of hydrogen-bond donors (Lipinski definition) is 1. The predicted octanol–water partition coefficient (Wildman–Crippen LogP) is 3.77. The van der Waals surface area contributed by atoms with E-state index >= 15 is 0 Å². The van der Waals surface area contributed by atoms with Gasteiger partial charge in [-0.1, -0.05) is 23.7 Å². The van der Waals surface area contributed by atoms with Crippen LogP contribution in [0.5, 0.6) is 0 Å². The van der Waals surface area contributed by atoms with E-state index in [-0.39, 0.29) is 11.3 Å². The molecule has 0 bridgehead atoms. The zero-order chi connectivity index (χ0) is 15.8. The van der Waals surface area contributed by atoms with Crippen molar-refractivity contribution in [2.24, 2.45) is 0 Å². The van der Waals surface area contributed by atoms with E-state index in [9.17, 15) is 18.0 Å². The van der Waals surface area contributed by atoms with Gasteiger partial charge in [-0.25, -0.2) is 4.79 Å². The maximum Gasteiger partial charge on any atom is 0.408 e. The summed E-state index contributed by atoms with van der Waals surface area (Å²) >= 11 is 5.83. The molecular formula is C13H10ClF3N2O2. The monoisotopic (exact) mass is 318 g/mol. The molecule has 2 aromatic rings. The van der Waals surface area contributed by atoms with Crippen molar-refractivity contribution in [3.05, 3.63) is 40.5 Å². The van der Waals surface area contributed by atoms with Gasteiger partial charge in [0.15, 0.2) is 5.69 Å². The highest BCUT2D eigenvalue weighted by atomic mass is 35.5. The standard InChI is InChI=1S/C13H10ClF3N2O2/c1-7-10(12(20)21)18-19(6-13(15,16)17)11(7)8-3-2-4-9(14)5-8/h2-5H,6H2,1H3,(H,20,21). The molecule has 1 N–H and O–H groups in total. The molecule has 112 valence electrons. The number of hydrogen-bond acceptors (Lipinski definition) is 2. The maximum atomic E-state index is 12.6. The molecule has 0 atom stereocenters. The Balaban J connectivity index is 2.64. The summed E-state index contributed by atoms with van der Waals surface area (Å²) in [6, 6.07) is 6.16. The van der Waals surface area contributed by atoms with E-state index in [1.54, 1.807) is 18.2 Å². The van der Waals surface area contributed by atoms with Crippen LogP contribution in [0.3, 0.4) is 0 Å². The molecule has 1 aromatic heterocycles. The van der Waals surface area contributed by atoms with Crippen LogP contribution in [0.2, 0.25) is 5.02 Å². The summed E-state index contributed by atoms with van der Waals surface area (Å²) in [5.74, 6) is -1.38. The molecule has 0 aliphatic heterocycles. The molecule has 0 amide bonds. The minimum atomic E-state index is -4.51. The van der Waals surface area contributed by atoms with Crippen LogP contribution in [0.15, 0.2) is 24.3 Å². The SMILES string of the molecule is Cc1c(C(=O)O)nn(CC(F)(F)F)c1-c1cccc(Cl)c1. The molecule has 0 aliphatic carbocycles. The molecule has 0 aliphatic rings. The third kappa shape index (κ3) is 3.36. The number of carbonyl (C=O) groups is 1. The van der Waals surface area contributed by atoms with Crippen molar-refractivity contribution in [1.29, 1.82) is 0 Å². The molecule has 0 saturated heterocycles. The summed E-state index contributed by atoms with van der Waals surface area (Å²) in [4.78, 5) is 11.1. The second-order valence-corrected chi connectivity index (χ2v) is 4.85. The first-order valence-corrected chi connectivity index (χ1v) is 6.20. The number of aromatic carboxylic acids is 1. The van der Waals surface area contributed by atoms with Crippen LogP contribution in [-0.2, 0) is 6.54 Å². The van der Waals surface area contributed by atoms with Crippen molar-refractivity contribution in [2.75, 3.05) is 0 Å². The molecule has 8 heteroatoms. The topological polar surface area (TPSA) is 55.1 Å². The van der Waals surface area contributed by atoms with Gasteiger partial charge in [0, 0.05) is 16.1 Å². The highest BCUT2D eigenvalue weighted by Crippen LogP contribution is 2.30. The Morgan fingerprint density at radius 2 is 2.10 bits per heavy atom. The Morgan fingerprint density at radius 1 is 1.43 bits per heavy atom. The van der Waals surface area contributed by atoms with Gasteiger partial charge in [-0.3, -0.25) is 4.68 Å². The molecule has 0 spiro atoms. The number of nitrogens with zero attached hydrogens (tertiary/aromatic N) is 2. The molecule has 2 rings (SSSR count). The van der Waals surface area contributed by atoms with Gasteiger partial charge in [-0.15, -0.1) is 0 Å². The smallest absolute Gasteiger partial charge is 0.408 e. The molecule has 0 unspecified atom stereocenters. The third-order valence-corrected chi connectivity index (χ3v) is 3.05. The minimum absolute atomic E-state index is 0.0900. The molecule has 0 saturated carbocycles. The van der Waals surface area contributed by atoms with Crippen molar-refractivity contribution >= 4 is 17.6 Å². The lowest BCUT2D eigenvalue weighted by Gasteiger charge is -2.11. The van der Waals surface area contributed by atoms with E-state index in [1.165, 1.54) is 13.0 Å². The lowest BCUT2D eigenvalue weighted by atomic mass is 10.1. The van der Waals surface area contributed by atoms with Gasteiger partial charge in [0.2, 0.25) is 0 Å². The van der Waals surface area contributed by atoms with Crippen molar-refractivity contribution in [3.63, 3.8) is 0 Å². The highest BCUT2D eigenvalue weighted by molar-refractivity contribution is 6.30. The van der Waals surface area contributed by atoms with Gasteiger partial charge in [0.1, 0.15) is 6.54 Å². The molecule has 4 nitrogen and oxygen atoms in total. The van der Waals surface area contributed by atoms with Crippen LogP contribution >= 0.6 is 11.6 Å². The van der Waals surface area contributed by atoms with Gasteiger partial charge in [-0.05, 0) is 19.1 Å². The van der Waals surface area contributed by atoms with E-state index in [4.69, 9.17) is 16.7 Å². The average molecular weight is 319 g/mol. The first-order valence-electron chi connectivity index (χ1n) is 5.82. The predicted molar refractivity (Wildman–Crippen MR) is 70.4 cm³/mol. The second kappa shape index (κ2) is 5.40. The lowest BCUT2D eigenvalue weighted by molar-refractivity contribution is -0.142.